The summed E-state index contributed by atoms with van der Waals surface area (Å²) in [5.41, 5.74) is -1.31. The fourth-order valence-electron chi connectivity index (χ4n) is 1.00. The molecule has 1 aromatic rings. The van der Waals surface area contributed by atoms with Crippen LogP contribution in [0.2, 0.25) is 0 Å². The van der Waals surface area contributed by atoms with Crippen LogP contribution < -0.4 is 0 Å². The SMILES string of the molecule is Cc1nc(C(F)F)cc(F)c1C(=O)Cl. The fourth-order valence-corrected chi connectivity index (χ4v) is 1.23. The molecule has 0 amide bonds. The predicted molar refractivity (Wildman–Crippen MR) is 44.1 cm³/mol. The lowest BCUT2D eigenvalue weighted by Gasteiger charge is -2.05. The molecule has 0 fully saturated rings. The molecule has 1 aromatic heterocycles. The number of carbonyl (C=O) groups excluding carboxylic acids is 1. The van der Waals surface area contributed by atoms with E-state index in [-0.39, 0.29) is 5.69 Å². The molecule has 0 aliphatic rings. The van der Waals surface area contributed by atoms with Crippen molar-refractivity contribution in [3.8, 4) is 0 Å². The summed E-state index contributed by atoms with van der Waals surface area (Å²) in [7, 11) is 0. The Morgan fingerprint density at radius 3 is 2.50 bits per heavy atom. The molecule has 0 spiro atoms. The van der Waals surface area contributed by atoms with Gasteiger partial charge in [0.25, 0.3) is 11.7 Å². The lowest BCUT2D eigenvalue weighted by Crippen LogP contribution is -2.04. The summed E-state index contributed by atoms with van der Waals surface area (Å²) < 4.78 is 37.3. The lowest BCUT2D eigenvalue weighted by atomic mass is 10.2. The maximum absolute atomic E-state index is 13.0. The number of hydrogen-bond donors (Lipinski definition) is 0. The number of aromatic nitrogens is 1. The van der Waals surface area contributed by atoms with Crippen molar-refractivity contribution in [2.75, 3.05) is 0 Å². The van der Waals surface area contributed by atoms with Gasteiger partial charge in [-0.05, 0) is 18.5 Å². The number of rotatable bonds is 2. The van der Waals surface area contributed by atoms with Crippen molar-refractivity contribution in [2.24, 2.45) is 0 Å². The molecule has 0 aliphatic heterocycles. The maximum atomic E-state index is 13.0. The van der Waals surface area contributed by atoms with Gasteiger partial charge in [0, 0.05) is 6.07 Å². The Balaban J connectivity index is 3.32. The Labute approximate surface area is 82.7 Å². The van der Waals surface area contributed by atoms with Crippen molar-refractivity contribution in [2.45, 2.75) is 13.3 Å². The van der Waals surface area contributed by atoms with Crippen molar-refractivity contribution in [3.05, 3.63) is 28.8 Å². The van der Waals surface area contributed by atoms with Gasteiger partial charge in [-0.25, -0.2) is 13.2 Å². The third-order valence-corrected chi connectivity index (χ3v) is 1.78. The monoisotopic (exact) mass is 223 g/mol. The average Bonchev–Trinajstić information content (AvgIpc) is 2.01. The largest absolute Gasteiger partial charge is 0.280 e. The summed E-state index contributed by atoms with van der Waals surface area (Å²) in [5, 5.41) is -1.05. The molecule has 1 heterocycles. The van der Waals surface area contributed by atoms with Crippen molar-refractivity contribution in [1.82, 2.24) is 4.98 Å². The number of nitrogens with zero attached hydrogens (tertiary/aromatic N) is 1. The van der Waals surface area contributed by atoms with Gasteiger partial charge in [-0.3, -0.25) is 9.78 Å². The minimum absolute atomic E-state index is 0.139. The Hall–Kier alpha value is -1.10. The first-order valence-electron chi connectivity index (χ1n) is 3.58. The summed E-state index contributed by atoms with van der Waals surface area (Å²) in [6.45, 7) is 1.24. The summed E-state index contributed by atoms with van der Waals surface area (Å²) in [5.74, 6) is -1.08. The highest BCUT2D eigenvalue weighted by Gasteiger charge is 2.18. The molecule has 14 heavy (non-hydrogen) atoms. The summed E-state index contributed by atoms with van der Waals surface area (Å²) in [6.07, 6.45) is -2.87. The topological polar surface area (TPSA) is 30.0 Å². The van der Waals surface area contributed by atoms with Gasteiger partial charge < -0.3 is 0 Å². The van der Waals surface area contributed by atoms with E-state index in [4.69, 9.17) is 11.6 Å². The zero-order valence-corrected chi connectivity index (χ0v) is 7.78. The molecule has 0 unspecified atom stereocenters. The fraction of sp³-hybridized carbons (Fsp3) is 0.250. The van der Waals surface area contributed by atoms with E-state index in [0.717, 1.165) is 0 Å². The van der Waals surface area contributed by atoms with Gasteiger partial charge in [0.2, 0.25) is 0 Å². The molecule has 0 aliphatic carbocycles. The van der Waals surface area contributed by atoms with Crippen LogP contribution in [0.3, 0.4) is 0 Å². The lowest BCUT2D eigenvalue weighted by molar-refractivity contribution is 0.107. The zero-order chi connectivity index (χ0) is 10.9. The molecular weight excluding hydrogens is 219 g/mol. The zero-order valence-electron chi connectivity index (χ0n) is 7.02. The molecule has 0 radical (unpaired) electrons. The van der Waals surface area contributed by atoms with E-state index in [1.54, 1.807) is 0 Å². The second kappa shape index (κ2) is 3.96. The summed E-state index contributed by atoms with van der Waals surface area (Å²) in [4.78, 5) is 14.0. The number of alkyl halides is 2. The second-order valence-electron chi connectivity index (χ2n) is 2.56. The molecule has 0 N–H and O–H groups in total. The normalized spacial score (nSPS) is 10.7. The molecule has 76 valence electrons. The van der Waals surface area contributed by atoms with E-state index in [0.29, 0.717) is 6.07 Å². The molecular formula is C8H5ClF3NO. The van der Waals surface area contributed by atoms with E-state index in [9.17, 15) is 18.0 Å². The van der Waals surface area contributed by atoms with Crippen molar-refractivity contribution < 1.29 is 18.0 Å². The Morgan fingerprint density at radius 1 is 1.57 bits per heavy atom. The van der Waals surface area contributed by atoms with E-state index in [2.05, 4.69) is 4.98 Å². The average molecular weight is 224 g/mol. The van der Waals surface area contributed by atoms with Gasteiger partial charge in [-0.15, -0.1) is 0 Å². The van der Waals surface area contributed by atoms with Crippen molar-refractivity contribution in [3.63, 3.8) is 0 Å². The third-order valence-electron chi connectivity index (χ3n) is 1.59. The van der Waals surface area contributed by atoms with Gasteiger partial charge in [0.15, 0.2) is 0 Å². The highest BCUT2D eigenvalue weighted by atomic mass is 35.5. The number of pyridine rings is 1. The van der Waals surface area contributed by atoms with Crippen LogP contribution in [0.4, 0.5) is 13.2 Å². The third kappa shape index (κ3) is 2.04. The molecule has 0 atom stereocenters. The van der Waals surface area contributed by atoms with E-state index >= 15 is 0 Å². The Bertz CT molecular complexity index is 358. The highest BCUT2D eigenvalue weighted by molar-refractivity contribution is 6.67. The number of hydrogen-bond acceptors (Lipinski definition) is 2. The van der Waals surface area contributed by atoms with Crippen LogP contribution in [0, 0.1) is 12.7 Å². The van der Waals surface area contributed by atoms with Crippen LogP contribution in [-0.2, 0) is 0 Å². The molecule has 0 bridgehead atoms. The van der Waals surface area contributed by atoms with Gasteiger partial charge in [0.1, 0.15) is 11.5 Å². The molecule has 0 saturated heterocycles. The Kier molecular flexibility index (Phi) is 3.10. The highest BCUT2D eigenvalue weighted by Crippen LogP contribution is 2.21. The molecule has 1 rings (SSSR count). The molecule has 6 heteroatoms. The van der Waals surface area contributed by atoms with Gasteiger partial charge in [-0.2, -0.15) is 0 Å². The Morgan fingerprint density at radius 2 is 2.14 bits per heavy atom. The first kappa shape index (κ1) is 11.0. The van der Waals surface area contributed by atoms with Crippen molar-refractivity contribution >= 4 is 16.8 Å². The number of halogens is 4. The molecule has 0 aromatic carbocycles. The summed E-state index contributed by atoms with van der Waals surface area (Å²) in [6, 6.07) is 0.507. The van der Waals surface area contributed by atoms with E-state index in [1.807, 2.05) is 0 Å². The minimum atomic E-state index is -2.87. The van der Waals surface area contributed by atoms with Crippen molar-refractivity contribution in [1.29, 1.82) is 0 Å². The van der Waals surface area contributed by atoms with Crippen LogP contribution in [-0.4, -0.2) is 10.2 Å². The first-order valence-corrected chi connectivity index (χ1v) is 3.96. The number of aryl methyl sites for hydroxylation is 1. The second-order valence-corrected chi connectivity index (χ2v) is 2.91. The molecule has 2 nitrogen and oxygen atoms in total. The standard InChI is InChI=1S/C8H5ClF3NO/c1-3-6(7(9)14)4(10)2-5(13-3)8(11)12/h2,8H,1H3. The quantitative estimate of drug-likeness (QED) is 0.722. The van der Waals surface area contributed by atoms with Crippen LogP contribution >= 0.6 is 11.6 Å². The smallest absolute Gasteiger partial charge is 0.275 e. The molecule has 0 saturated carbocycles. The van der Waals surface area contributed by atoms with Crippen LogP contribution in [0.1, 0.15) is 28.2 Å². The summed E-state index contributed by atoms with van der Waals surface area (Å²) >= 11 is 5.04. The van der Waals surface area contributed by atoms with E-state index < -0.39 is 28.7 Å². The van der Waals surface area contributed by atoms with Crippen LogP contribution in [0.5, 0.6) is 0 Å². The van der Waals surface area contributed by atoms with Crippen LogP contribution in [0.15, 0.2) is 6.07 Å². The number of carbonyl (C=O) groups is 1. The maximum Gasteiger partial charge on any atom is 0.280 e. The first-order chi connectivity index (χ1) is 6.43. The predicted octanol–water partition coefficient (Wildman–Crippen LogP) is 2.85. The van der Waals surface area contributed by atoms with Gasteiger partial charge in [0.05, 0.1) is 11.3 Å². The van der Waals surface area contributed by atoms with Gasteiger partial charge >= 0.3 is 0 Å². The van der Waals surface area contributed by atoms with Gasteiger partial charge in [-0.1, -0.05) is 0 Å². The van der Waals surface area contributed by atoms with Crippen LogP contribution in [0.25, 0.3) is 0 Å². The minimum Gasteiger partial charge on any atom is -0.275 e. The van der Waals surface area contributed by atoms with E-state index in [1.165, 1.54) is 6.92 Å².